The van der Waals surface area contributed by atoms with Crippen molar-refractivity contribution in [1.29, 1.82) is 0 Å². The van der Waals surface area contributed by atoms with Crippen LogP contribution >= 0.6 is 0 Å². The molecule has 9 atom stereocenters. The Morgan fingerprint density at radius 2 is 1.53 bits per heavy atom. The molecular formula is C40H68N6O7. The maximum absolute atomic E-state index is 14.2. The van der Waals surface area contributed by atoms with E-state index < -0.39 is 48.2 Å². The number of nitrogens with zero attached hydrogens (tertiary/aromatic N) is 3. The maximum atomic E-state index is 14.2. The molecule has 53 heavy (non-hydrogen) atoms. The summed E-state index contributed by atoms with van der Waals surface area (Å²) in [6, 6.07) is 6.40. The number of methoxy groups -OCH3 is 2. The van der Waals surface area contributed by atoms with Crippen LogP contribution in [-0.4, -0.2) is 129 Å². The molecule has 1 aromatic carbocycles. The van der Waals surface area contributed by atoms with Crippen molar-refractivity contribution >= 4 is 29.5 Å². The molecule has 2 rings (SSSR count). The zero-order valence-electron chi connectivity index (χ0n) is 34.3. The minimum Gasteiger partial charge on any atom is -0.379 e. The molecule has 8 unspecified atom stereocenters. The lowest BCUT2D eigenvalue weighted by Gasteiger charge is -2.41. The van der Waals surface area contributed by atoms with E-state index in [1.165, 1.54) is 7.11 Å². The van der Waals surface area contributed by atoms with Crippen molar-refractivity contribution in [3.63, 3.8) is 0 Å². The van der Waals surface area contributed by atoms with E-state index in [9.17, 15) is 24.0 Å². The number of rotatable bonds is 21. The van der Waals surface area contributed by atoms with Gasteiger partial charge in [-0.3, -0.25) is 28.9 Å². The molecule has 1 fully saturated rings. The van der Waals surface area contributed by atoms with E-state index in [1.807, 2.05) is 90.9 Å². The van der Waals surface area contributed by atoms with Crippen molar-refractivity contribution in [2.45, 2.75) is 123 Å². The number of benzene rings is 1. The quantitative estimate of drug-likeness (QED) is 0.173. The van der Waals surface area contributed by atoms with Crippen LogP contribution in [0.25, 0.3) is 0 Å². The Labute approximate surface area is 318 Å². The Kier molecular flexibility index (Phi) is 18.4. The van der Waals surface area contributed by atoms with E-state index in [0.717, 1.165) is 18.4 Å². The molecule has 13 heteroatoms. The zero-order valence-corrected chi connectivity index (χ0v) is 34.3. The highest BCUT2D eigenvalue weighted by molar-refractivity contribution is 5.90. The predicted molar refractivity (Wildman–Crippen MR) is 206 cm³/mol. The molecule has 1 aliphatic heterocycles. The number of nitrogens with two attached hydrogens (primary N) is 1. The van der Waals surface area contributed by atoms with Crippen molar-refractivity contribution in [2.75, 3.05) is 41.9 Å². The summed E-state index contributed by atoms with van der Waals surface area (Å²) in [5.74, 6) is -2.51. The topological polar surface area (TPSA) is 164 Å². The fraction of sp³-hybridized carbons (Fsp3) is 0.725. The second-order valence-electron chi connectivity index (χ2n) is 15.6. The van der Waals surface area contributed by atoms with Gasteiger partial charge in [-0.05, 0) is 50.3 Å². The van der Waals surface area contributed by atoms with E-state index in [4.69, 9.17) is 15.2 Å². The number of amides is 5. The summed E-state index contributed by atoms with van der Waals surface area (Å²) >= 11 is 0. The molecule has 1 saturated heterocycles. The van der Waals surface area contributed by atoms with Gasteiger partial charge in [-0.1, -0.05) is 85.2 Å². The van der Waals surface area contributed by atoms with Crippen LogP contribution in [-0.2, 0) is 39.9 Å². The van der Waals surface area contributed by atoms with Crippen LogP contribution in [0.15, 0.2) is 30.3 Å². The third kappa shape index (κ3) is 12.2. The summed E-state index contributed by atoms with van der Waals surface area (Å²) in [5, 5.41) is 5.84. The number of nitrogens with one attached hydrogen (secondary N) is 2. The van der Waals surface area contributed by atoms with Gasteiger partial charge < -0.3 is 35.6 Å². The lowest BCUT2D eigenvalue weighted by Crippen LogP contribution is -2.59. The van der Waals surface area contributed by atoms with Gasteiger partial charge in [0, 0.05) is 34.2 Å². The van der Waals surface area contributed by atoms with Gasteiger partial charge in [-0.2, -0.15) is 0 Å². The standard InChI is InChI=1S/C40H68N6O7/c1-13-26(6)35(45(10)40(51)33(24(2)3)43-39(50)34(25(4)5)44(8)9)31(52-11)23-32(47)46-21-17-20-30(46)36(53-12)27(7)38(49)42-29(37(41)48)22-28-18-15-14-16-19-28/h14-16,18-19,24-27,29-31,33-36H,13,17,20-23H2,1-12H3,(H2,41,48)(H,42,49)(H,43,50)/t26?,27?,29?,30?,31?,33-,34?,35?,36?/m0/s1. The van der Waals surface area contributed by atoms with E-state index in [2.05, 4.69) is 10.6 Å². The SMILES string of the molecule is CCC(C)C(C(CC(=O)N1CCCC1C(OC)C(C)C(=O)NC(Cc1ccccc1)C(N)=O)OC)N(C)C(=O)[C@@H](NC(=O)C(C(C)C)N(C)C)C(C)C. The van der Waals surface area contributed by atoms with Gasteiger partial charge in [0.15, 0.2) is 0 Å². The molecule has 0 aromatic heterocycles. The van der Waals surface area contributed by atoms with Crippen molar-refractivity contribution < 1.29 is 33.4 Å². The zero-order chi connectivity index (χ0) is 40.2. The summed E-state index contributed by atoms with van der Waals surface area (Å²) < 4.78 is 11.9. The minimum atomic E-state index is -0.904. The van der Waals surface area contributed by atoms with Crippen LogP contribution in [0.5, 0.6) is 0 Å². The Bertz CT molecular complexity index is 1330. The number of hydrogen-bond donors (Lipinski definition) is 3. The number of carbonyl (C=O) groups is 5. The number of likely N-dealkylation sites (tertiary alicyclic amines) is 1. The molecule has 0 saturated carbocycles. The Hall–Kier alpha value is -3.55. The lowest BCUT2D eigenvalue weighted by molar-refractivity contribution is -0.148. The average molecular weight is 745 g/mol. The molecule has 13 nitrogen and oxygen atoms in total. The molecular weight excluding hydrogens is 676 g/mol. The molecule has 5 amide bonds. The Morgan fingerprint density at radius 1 is 0.906 bits per heavy atom. The fourth-order valence-corrected chi connectivity index (χ4v) is 7.79. The third-order valence-corrected chi connectivity index (χ3v) is 10.9. The van der Waals surface area contributed by atoms with Gasteiger partial charge in [0.25, 0.3) is 0 Å². The van der Waals surface area contributed by atoms with Gasteiger partial charge in [0.05, 0.1) is 42.7 Å². The van der Waals surface area contributed by atoms with Gasteiger partial charge in [0.1, 0.15) is 12.1 Å². The summed E-state index contributed by atoms with van der Waals surface area (Å²) in [4.78, 5) is 72.9. The van der Waals surface area contributed by atoms with Gasteiger partial charge in [0.2, 0.25) is 29.5 Å². The number of likely N-dealkylation sites (N-methyl/N-ethyl adjacent to an activating group) is 2. The molecule has 1 heterocycles. The van der Waals surface area contributed by atoms with Crippen LogP contribution in [0.1, 0.15) is 79.7 Å². The van der Waals surface area contributed by atoms with Crippen molar-refractivity contribution in [1.82, 2.24) is 25.3 Å². The molecule has 300 valence electrons. The number of carbonyl (C=O) groups excluding carboxylic acids is 5. The lowest BCUT2D eigenvalue weighted by atomic mass is 9.89. The first-order chi connectivity index (χ1) is 24.9. The summed E-state index contributed by atoms with van der Waals surface area (Å²) in [7, 11) is 8.50. The van der Waals surface area contributed by atoms with Crippen molar-refractivity contribution in [2.24, 2.45) is 29.4 Å². The highest BCUT2D eigenvalue weighted by Gasteiger charge is 2.43. The summed E-state index contributed by atoms with van der Waals surface area (Å²) in [5.41, 5.74) is 6.54. The van der Waals surface area contributed by atoms with Gasteiger partial charge in [-0.15, -0.1) is 0 Å². The monoisotopic (exact) mass is 745 g/mol. The van der Waals surface area contributed by atoms with Gasteiger partial charge in [-0.25, -0.2) is 0 Å². The highest BCUT2D eigenvalue weighted by atomic mass is 16.5. The largest absolute Gasteiger partial charge is 0.379 e. The smallest absolute Gasteiger partial charge is 0.245 e. The first-order valence-corrected chi connectivity index (χ1v) is 19.1. The van der Waals surface area contributed by atoms with Gasteiger partial charge >= 0.3 is 0 Å². The van der Waals surface area contributed by atoms with Crippen LogP contribution in [0.2, 0.25) is 0 Å². The first kappa shape index (κ1) is 45.6. The maximum Gasteiger partial charge on any atom is 0.245 e. The Balaban J connectivity index is 2.27. The second-order valence-corrected chi connectivity index (χ2v) is 15.6. The molecule has 1 aliphatic rings. The highest BCUT2D eigenvalue weighted by Crippen LogP contribution is 2.30. The van der Waals surface area contributed by atoms with E-state index in [1.54, 1.807) is 30.9 Å². The van der Waals surface area contributed by atoms with Crippen LogP contribution in [0, 0.1) is 23.7 Å². The van der Waals surface area contributed by atoms with E-state index >= 15 is 0 Å². The molecule has 0 bridgehead atoms. The fourth-order valence-electron chi connectivity index (χ4n) is 7.79. The first-order valence-electron chi connectivity index (χ1n) is 19.1. The number of hydrogen-bond acceptors (Lipinski definition) is 8. The predicted octanol–water partition coefficient (Wildman–Crippen LogP) is 2.85. The number of primary amides is 1. The van der Waals surface area contributed by atoms with Crippen LogP contribution < -0.4 is 16.4 Å². The van der Waals surface area contributed by atoms with E-state index in [0.29, 0.717) is 13.0 Å². The van der Waals surface area contributed by atoms with Crippen molar-refractivity contribution in [3.8, 4) is 0 Å². The van der Waals surface area contributed by atoms with Crippen LogP contribution in [0.4, 0.5) is 0 Å². The molecule has 0 aliphatic carbocycles. The third-order valence-electron chi connectivity index (χ3n) is 10.9. The van der Waals surface area contributed by atoms with Crippen LogP contribution in [0.3, 0.4) is 0 Å². The molecule has 0 spiro atoms. The normalized spacial score (nSPS) is 19.2. The Morgan fingerprint density at radius 3 is 2.02 bits per heavy atom. The minimum absolute atomic E-state index is 0.00617. The molecule has 0 radical (unpaired) electrons. The average Bonchev–Trinajstić information content (AvgIpc) is 3.59. The second kappa shape index (κ2) is 21.4. The summed E-state index contributed by atoms with van der Waals surface area (Å²) in [6.45, 7) is 14.0. The van der Waals surface area contributed by atoms with Crippen molar-refractivity contribution in [3.05, 3.63) is 35.9 Å². The molecule has 1 aromatic rings. The summed E-state index contributed by atoms with van der Waals surface area (Å²) in [6.07, 6.45) is 1.07. The molecule has 4 N–H and O–H groups in total. The van der Waals surface area contributed by atoms with E-state index in [-0.39, 0.29) is 60.3 Å². The number of ether oxygens (including phenoxy) is 2.